The Kier molecular flexibility index (Phi) is 3.38. The van der Waals surface area contributed by atoms with E-state index in [0.29, 0.717) is 6.42 Å². The van der Waals surface area contributed by atoms with Crippen LogP contribution in [0.5, 0.6) is 0 Å². The van der Waals surface area contributed by atoms with Crippen LogP contribution in [0.2, 0.25) is 0 Å². The molecule has 1 aliphatic rings. The number of hydrogen-bond donors (Lipinski definition) is 0. The third-order valence-electron chi connectivity index (χ3n) is 2.94. The maximum absolute atomic E-state index is 13.5. The zero-order valence-corrected chi connectivity index (χ0v) is 10.1. The summed E-state index contributed by atoms with van der Waals surface area (Å²) in [5.41, 5.74) is 0.189. The van der Waals surface area contributed by atoms with Gasteiger partial charge in [-0.2, -0.15) is 0 Å². The zero-order valence-electron chi connectivity index (χ0n) is 8.55. The monoisotopic (exact) mass is 288 g/mol. The highest BCUT2D eigenvalue weighted by Crippen LogP contribution is 2.34. The molecule has 2 rings (SSSR count). The Hall–Kier alpha value is -0.770. The van der Waals surface area contributed by atoms with Crippen LogP contribution in [-0.2, 0) is 4.79 Å². The molecule has 1 aromatic rings. The number of halogens is 3. The van der Waals surface area contributed by atoms with Crippen LogP contribution < -0.4 is 0 Å². The number of Topliss-reactive ketones (excluding diaryl/α,β-unsaturated/α-hetero) is 1. The van der Waals surface area contributed by atoms with Crippen molar-refractivity contribution in [2.75, 3.05) is 0 Å². The summed E-state index contributed by atoms with van der Waals surface area (Å²) in [6, 6.07) is 3.27. The van der Waals surface area contributed by atoms with Crippen molar-refractivity contribution in [2.24, 2.45) is 0 Å². The molecule has 0 aliphatic heterocycles. The van der Waals surface area contributed by atoms with Gasteiger partial charge in [0.25, 0.3) is 0 Å². The van der Waals surface area contributed by atoms with Crippen LogP contribution in [0.1, 0.15) is 30.7 Å². The van der Waals surface area contributed by atoms with E-state index >= 15 is 0 Å². The van der Waals surface area contributed by atoms with E-state index in [-0.39, 0.29) is 16.2 Å². The van der Waals surface area contributed by atoms with Crippen molar-refractivity contribution in [2.45, 2.75) is 30.0 Å². The van der Waals surface area contributed by atoms with Crippen LogP contribution in [0.15, 0.2) is 18.2 Å². The van der Waals surface area contributed by atoms with Gasteiger partial charge in [-0.1, -0.05) is 22.4 Å². The average molecular weight is 289 g/mol. The second kappa shape index (κ2) is 4.62. The number of ketones is 1. The number of carbonyl (C=O) groups excluding carboxylic acids is 1. The van der Waals surface area contributed by atoms with E-state index in [0.717, 1.165) is 31.0 Å². The van der Waals surface area contributed by atoms with E-state index in [1.807, 2.05) is 0 Å². The fraction of sp³-hybridized carbons (Fsp3) is 0.417. The Labute approximate surface area is 101 Å². The molecular weight excluding hydrogens is 278 g/mol. The normalized spacial score (nSPS) is 25.8. The van der Waals surface area contributed by atoms with Crippen molar-refractivity contribution in [1.29, 1.82) is 0 Å². The first-order valence-electron chi connectivity index (χ1n) is 5.22. The van der Waals surface area contributed by atoms with Crippen LogP contribution in [0.25, 0.3) is 0 Å². The maximum atomic E-state index is 13.5. The lowest BCUT2D eigenvalue weighted by Crippen LogP contribution is -2.27. The molecular formula is C12H11BrF2O. The summed E-state index contributed by atoms with van der Waals surface area (Å²) < 4.78 is 26.6. The van der Waals surface area contributed by atoms with E-state index in [9.17, 15) is 13.6 Å². The molecule has 0 saturated heterocycles. The summed E-state index contributed by atoms with van der Waals surface area (Å²) in [5.74, 6) is -1.55. The largest absolute Gasteiger partial charge is 0.298 e. The second-order valence-electron chi connectivity index (χ2n) is 4.02. The van der Waals surface area contributed by atoms with Gasteiger partial charge in [0.1, 0.15) is 11.6 Å². The van der Waals surface area contributed by atoms with Crippen molar-refractivity contribution < 1.29 is 13.6 Å². The fourth-order valence-corrected chi connectivity index (χ4v) is 2.74. The van der Waals surface area contributed by atoms with Crippen LogP contribution in [0.3, 0.4) is 0 Å². The van der Waals surface area contributed by atoms with E-state index in [1.165, 1.54) is 0 Å². The number of alkyl halides is 1. The highest BCUT2D eigenvalue weighted by molar-refractivity contribution is 9.10. The number of carbonyl (C=O) groups is 1. The van der Waals surface area contributed by atoms with Gasteiger partial charge in [0, 0.05) is 11.5 Å². The molecule has 0 radical (unpaired) electrons. The Morgan fingerprint density at radius 3 is 2.75 bits per heavy atom. The first-order valence-corrected chi connectivity index (χ1v) is 6.14. The molecule has 1 nitrogen and oxygen atoms in total. The predicted octanol–water partition coefficient (Wildman–Crippen LogP) is 3.56. The molecule has 1 fully saturated rings. The zero-order chi connectivity index (χ0) is 11.7. The third kappa shape index (κ3) is 2.17. The van der Waals surface area contributed by atoms with Crippen LogP contribution in [0.4, 0.5) is 8.78 Å². The second-order valence-corrected chi connectivity index (χ2v) is 5.12. The van der Waals surface area contributed by atoms with Gasteiger partial charge in [0.15, 0.2) is 5.78 Å². The lowest BCUT2D eigenvalue weighted by atomic mass is 9.82. The van der Waals surface area contributed by atoms with Crippen molar-refractivity contribution in [3.8, 4) is 0 Å². The number of benzene rings is 1. The van der Waals surface area contributed by atoms with Crippen molar-refractivity contribution in [3.63, 3.8) is 0 Å². The van der Waals surface area contributed by atoms with Gasteiger partial charge in [-0.3, -0.25) is 4.79 Å². The molecule has 0 amide bonds. The van der Waals surface area contributed by atoms with Crippen molar-refractivity contribution >= 4 is 21.7 Å². The highest BCUT2D eigenvalue weighted by Gasteiger charge is 2.32. The molecule has 0 bridgehead atoms. The van der Waals surface area contributed by atoms with Gasteiger partial charge in [-0.05, 0) is 31.0 Å². The van der Waals surface area contributed by atoms with Crippen LogP contribution in [0, 0.1) is 11.6 Å². The molecule has 0 spiro atoms. The van der Waals surface area contributed by atoms with Crippen molar-refractivity contribution in [3.05, 3.63) is 35.4 Å². The molecule has 0 heterocycles. The van der Waals surface area contributed by atoms with E-state index < -0.39 is 17.6 Å². The van der Waals surface area contributed by atoms with Gasteiger partial charge in [0.05, 0.1) is 4.83 Å². The van der Waals surface area contributed by atoms with Crippen LogP contribution >= 0.6 is 15.9 Å². The third-order valence-corrected chi connectivity index (χ3v) is 3.85. The lowest BCUT2D eigenvalue weighted by Gasteiger charge is -2.24. The number of hydrogen-bond acceptors (Lipinski definition) is 1. The molecule has 1 aromatic carbocycles. The Balaban J connectivity index is 2.35. The summed E-state index contributed by atoms with van der Waals surface area (Å²) in [6.07, 6.45) is 2.22. The Morgan fingerprint density at radius 2 is 2.00 bits per heavy atom. The summed E-state index contributed by atoms with van der Waals surface area (Å²) in [6.45, 7) is 0. The summed E-state index contributed by atoms with van der Waals surface area (Å²) in [5, 5.41) is 0. The molecule has 0 aromatic heterocycles. The van der Waals surface area contributed by atoms with E-state index in [1.54, 1.807) is 0 Å². The van der Waals surface area contributed by atoms with Crippen LogP contribution in [-0.4, -0.2) is 10.6 Å². The smallest absolute Gasteiger partial charge is 0.154 e. The molecule has 16 heavy (non-hydrogen) atoms. The topological polar surface area (TPSA) is 17.1 Å². The minimum Gasteiger partial charge on any atom is -0.298 e. The predicted molar refractivity (Wildman–Crippen MR) is 60.7 cm³/mol. The van der Waals surface area contributed by atoms with Gasteiger partial charge < -0.3 is 0 Å². The summed E-state index contributed by atoms with van der Waals surface area (Å²) in [7, 11) is 0. The first-order chi connectivity index (χ1) is 7.59. The van der Waals surface area contributed by atoms with Gasteiger partial charge in [-0.25, -0.2) is 8.78 Å². The van der Waals surface area contributed by atoms with Gasteiger partial charge in [0.2, 0.25) is 0 Å². The molecule has 86 valence electrons. The molecule has 0 N–H and O–H groups in total. The fourth-order valence-electron chi connectivity index (χ4n) is 2.09. The van der Waals surface area contributed by atoms with E-state index in [2.05, 4.69) is 15.9 Å². The molecule has 2 atom stereocenters. The summed E-state index contributed by atoms with van der Waals surface area (Å²) >= 11 is 3.27. The SMILES string of the molecule is O=C1C(Br)CCCC1c1cc(F)ccc1F. The maximum Gasteiger partial charge on any atom is 0.154 e. The molecule has 4 heteroatoms. The Morgan fingerprint density at radius 1 is 1.25 bits per heavy atom. The molecule has 1 aliphatic carbocycles. The van der Waals surface area contributed by atoms with Gasteiger partial charge in [-0.15, -0.1) is 0 Å². The average Bonchev–Trinajstić information content (AvgIpc) is 2.26. The minimum atomic E-state index is -0.506. The van der Waals surface area contributed by atoms with Crippen molar-refractivity contribution in [1.82, 2.24) is 0 Å². The minimum absolute atomic E-state index is 0.0456. The van der Waals surface area contributed by atoms with Gasteiger partial charge >= 0.3 is 0 Å². The summed E-state index contributed by atoms with van der Waals surface area (Å²) in [4.78, 5) is 11.6. The molecule has 2 unspecified atom stereocenters. The standard InChI is InChI=1S/C12H11BrF2O/c13-10-3-1-2-8(12(10)16)9-6-7(14)4-5-11(9)15/h4-6,8,10H,1-3H2. The quantitative estimate of drug-likeness (QED) is 0.722. The highest BCUT2D eigenvalue weighted by atomic mass is 79.9. The Bertz CT molecular complexity index is 419. The lowest BCUT2D eigenvalue weighted by molar-refractivity contribution is -0.121. The first kappa shape index (κ1) is 11.7. The molecule has 1 saturated carbocycles. The number of rotatable bonds is 1. The van der Waals surface area contributed by atoms with E-state index in [4.69, 9.17) is 0 Å².